The lowest BCUT2D eigenvalue weighted by Gasteiger charge is -2.07. The van der Waals surface area contributed by atoms with Crippen molar-refractivity contribution in [3.8, 4) is 0 Å². The molecule has 22 heavy (non-hydrogen) atoms. The molecule has 0 atom stereocenters. The molecule has 0 radical (unpaired) electrons. The summed E-state index contributed by atoms with van der Waals surface area (Å²) >= 11 is 0. The van der Waals surface area contributed by atoms with Gasteiger partial charge in [0.15, 0.2) is 0 Å². The lowest BCUT2D eigenvalue weighted by molar-refractivity contribution is 1.58. The summed E-state index contributed by atoms with van der Waals surface area (Å²) in [5.41, 5.74) is 4.54. The molecule has 108 valence electrons. The zero-order valence-corrected chi connectivity index (χ0v) is 12.7. The summed E-state index contributed by atoms with van der Waals surface area (Å²) < 4.78 is 0. The Bertz CT molecular complexity index is 698. The molecule has 2 aromatic rings. The number of benzene rings is 2. The van der Waals surface area contributed by atoms with Gasteiger partial charge in [-0.2, -0.15) is 0 Å². The van der Waals surface area contributed by atoms with Gasteiger partial charge in [-0.15, -0.1) is 0 Å². The summed E-state index contributed by atoms with van der Waals surface area (Å²) in [6.45, 7) is 7.67. The van der Waals surface area contributed by atoms with E-state index < -0.39 is 0 Å². The van der Waals surface area contributed by atoms with Crippen molar-refractivity contribution < 1.29 is 0 Å². The van der Waals surface area contributed by atoms with Gasteiger partial charge in [-0.05, 0) is 22.3 Å². The van der Waals surface area contributed by atoms with Crippen LogP contribution in [0, 0.1) is 0 Å². The molecule has 2 aromatic carbocycles. The molecule has 2 rings (SSSR count). The molecular weight excluding hydrogens is 264 g/mol. The van der Waals surface area contributed by atoms with Crippen LogP contribution < -0.4 is 0 Å². The van der Waals surface area contributed by atoms with E-state index in [0.29, 0.717) is 0 Å². The van der Waals surface area contributed by atoms with Crippen molar-refractivity contribution in [1.82, 2.24) is 0 Å². The van der Waals surface area contributed by atoms with Crippen LogP contribution in [0.2, 0.25) is 0 Å². The summed E-state index contributed by atoms with van der Waals surface area (Å²) in [5, 5.41) is 0. The maximum atomic E-state index is 3.94. The molecule has 0 saturated carbocycles. The standard InChI is InChI=1S/C22H20/c1-3-5-14-20(4-2)22(21-15-10-7-11-16-21)18-17-19-12-8-6-9-13-19/h3-18H,1-2H2. The topological polar surface area (TPSA) is 0 Å². The molecule has 0 aromatic heterocycles. The summed E-state index contributed by atoms with van der Waals surface area (Å²) in [5.74, 6) is 0. The lowest BCUT2D eigenvalue weighted by Crippen LogP contribution is -1.85. The van der Waals surface area contributed by atoms with Gasteiger partial charge in [-0.1, -0.05) is 110 Å². The van der Waals surface area contributed by atoms with Crippen LogP contribution in [-0.4, -0.2) is 0 Å². The van der Waals surface area contributed by atoms with Crippen LogP contribution in [-0.2, 0) is 0 Å². The molecule has 0 aliphatic carbocycles. The quantitative estimate of drug-likeness (QED) is 0.564. The molecule has 0 heteroatoms. The first-order chi connectivity index (χ1) is 10.8. The number of allylic oxidation sites excluding steroid dienone is 7. The van der Waals surface area contributed by atoms with Crippen LogP contribution in [0.25, 0.3) is 11.6 Å². The monoisotopic (exact) mass is 284 g/mol. The largest absolute Gasteiger partial charge is 0.0991 e. The predicted molar refractivity (Wildman–Crippen MR) is 98.4 cm³/mol. The molecule has 0 N–H and O–H groups in total. The van der Waals surface area contributed by atoms with E-state index in [1.807, 2.05) is 54.6 Å². The minimum atomic E-state index is 1.07. The lowest BCUT2D eigenvalue weighted by atomic mass is 9.98. The maximum absolute atomic E-state index is 3.94. The van der Waals surface area contributed by atoms with Gasteiger partial charge in [0, 0.05) is 0 Å². The summed E-state index contributed by atoms with van der Waals surface area (Å²) in [6, 6.07) is 20.6. The summed E-state index contributed by atoms with van der Waals surface area (Å²) in [7, 11) is 0. The van der Waals surface area contributed by atoms with Gasteiger partial charge < -0.3 is 0 Å². The second kappa shape index (κ2) is 8.43. The van der Waals surface area contributed by atoms with Crippen LogP contribution in [0.5, 0.6) is 0 Å². The Kier molecular flexibility index (Phi) is 5.95. The minimum absolute atomic E-state index is 1.07. The second-order valence-corrected chi connectivity index (χ2v) is 4.78. The first-order valence-corrected chi connectivity index (χ1v) is 7.29. The van der Waals surface area contributed by atoms with E-state index in [1.165, 1.54) is 11.1 Å². The van der Waals surface area contributed by atoms with Crippen LogP contribution in [0.1, 0.15) is 11.1 Å². The van der Waals surface area contributed by atoms with Gasteiger partial charge in [0.2, 0.25) is 0 Å². The second-order valence-electron chi connectivity index (χ2n) is 4.78. The number of rotatable bonds is 6. The molecule has 0 heterocycles. The minimum Gasteiger partial charge on any atom is -0.0991 e. The van der Waals surface area contributed by atoms with Gasteiger partial charge in [0.05, 0.1) is 0 Å². The van der Waals surface area contributed by atoms with Gasteiger partial charge in [-0.3, -0.25) is 0 Å². The van der Waals surface area contributed by atoms with E-state index in [-0.39, 0.29) is 0 Å². The predicted octanol–water partition coefficient (Wildman–Crippen LogP) is 6.08. The highest BCUT2D eigenvalue weighted by Gasteiger charge is 2.01. The average molecular weight is 284 g/mol. The van der Waals surface area contributed by atoms with Crippen molar-refractivity contribution in [3.63, 3.8) is 0 Å². The fraction of sp³-hybridized carbons (Fsp3) is 0. The molecule has 0 fully saturated rings. The highest BCUT2D eigenvalue weighted by atomic mass is 14.1. The van der Waals surface area contributed by atoms with Gasteiger partial charge in [0.25, 0.3) is 0 Å². The fourth-order valence-corrected chi connectivity index (χ4v) is 2.16. The Morgan fingerprint density at radius 1 is 0.773 bits per heavy atom. The molecule has 0 saturated heterocycles. The van der Waals surface area contributed by atoms with E-state index in [0.717, 1.165) is 11.1 Å². The van der Waals surface area contributed by atoms with E-state index in [1.54, 1.807) is 6.08 Å². The SMILES string of the molecule is C=CC=CC(C=C)=C(C=Cc1ccccc1)c1ccccc1. The highest BCUT2D eigenvalue weighted by molar-refractivity contribution is 5.84. The zero-order chi connectivity index (χ0) is 15.6. The molecule has 0 unspecified atom stereocenters. The van der Waals surface area contributed by atoms with Gasteiger partial charge in [0.1, 0.15) is 0 Å². The number of hydrogen-bond donors (Lipinski definition) is 0. The Balaban J connectivity index is 2.48. The third-order valence-corrected chi connectivity index (χ3v) is 3.27. The van der Waals surface area contributed by atoms with E-state index in [9.17, 15) is 0 Å². The van der Waals surface area contributed by atoms with Crippen molar-refractivity contribution in [3.05, 3.63) is 121 Å². The fourth-order valence-electron chi connectivity index (χ4n) is 2.16. The van der Waals surface area contributed by atoms with E-state index in [2.05, 4.69) is 49.6 Å². The third-order valence-electron chi connectivity index (χ3n) is 3.27. The first kappa shape index (κ1) is 15.5. The van der Waals surface area contributed by atoms with Crippen molar-refractivity contribution in [2.45, 2.75) is 0 Å². The first-order valence-electron chi connectivity index (χ1n) is 7.29. The molecule has 0 aliphatic heterocycles. The van der Waals surface area contributed by atoms with Crippen LogP contribution in [0.15, 0.2) is 110 Å². The number of hydrogen-bond acceptors (Lipinski definition) is 0. The Morgan fingerprint density at radius 3 is 2.00 bits per heavy atom. The summed E-state index contributed by atoms with van der Waals surface area (Å²) in [4.78, 5) is 0. The smallest absolute Gasteiger partial charge is 0.0111 e. The van der Waals surface area contributed by atoms with Crippen LogP contribution >= 0.6 is 0 Å². The average Bonchev–Trinajstić information content (AvgIpc) is 2.59. The normalized spacial score (nSPS) is 12.4. The Labute approximate surface area is 133 Å². The van der Waals surface area contributed by atoms with Crippen LogP contribution in [0.3, 0.4) is 0 Å². The molecule has 0 nitrogen and oxygen atoms in total. The maximum Gasteiger partial charge on any atom is -0.0111 e. The molecule has 0 spiro atoms. The Morgan fingerprint density at radius 2 is 1.41 bits per heavy atom. The summed E-state index contributed by atoms with van der Waals surface area (Å²) in [6.07, 6.45) is 11.8. The van der Waals surface area contributed by atoms with Crippen molar-refractivity contribution >= 4 is 11.6 Å². The van der Waals surface area contributed by atoms with Gasteiger partial charge in [-0.25, -0.2) is 0 Å². The Hall–Kier alpha value is -2.86. The van der Waals surface area contributed by atoms with Crippen molar-refractivity contribution in [1.29, 1.82) is 0 Å². The third kappa shape index (κ3) is 4.32. The van der Waals surface area contributed by atoms with E-state index >= 15 is 0 Å². The van der Waals surface area contributed by atoms with Gasteiger partial charge >= 0.3 is 0 Å². The molecule has 0 bridgehead atoms. The van der Waals surface area contributed by atoms with Crippen molar-refractivity contribution in [2.24, 2.45) is 0 Å². The zero-order valence-electron chi connectivity index (χ0n) is 12.7. The molecule has 0 aliphatic rings. The van der Waals surface area contributed by atoms with Crippen molar-refractivity contribution in [2.75, 3.05) is 0 Å². The molecule has 0 amide bonds. The molecular formula is C22H20. The highest BCUT2D eigenvalue weighted by Crippen LogP contribution is 2.23. The van der Waals surface area contributed by atoms with Crippen LogP contribution in [0.4, 0.5) is 0 Å². The van der Waals surface area contributed by atoms with E-state index in [4.69, 9.17) is 0 Å².